The van der Waals surface area contributed by atoms with Gasteiger partial charge in [-0.1, -0.05) is 0 Å². The van der Waals surface area contributed by atoms with E-state index < -0.39 is 24.1 Å². The highest BCUT2D eigenvalue weighted by Crippen LogP contribution is 2.29. The standard InChI is InChI=1S/C21H25NO7/c1-13(20(23)22-15-6-11-18(26-4)19(12-15)27-5)29-21(24)14(2)28-17-9-7-16(25-3)8-10-17/h6-14H,1-5H3,(H,22,23). The molecule has 2 unspecified atom stereocenters. The smallest absolute Gasteiger partial charge is 0.347 e. The third kappa shape index (κ3) is 6.03. The Hall–Kier alpha value is -3.42. The highest BCUT2D eigenvalue weighted by Gasteiger charge is 2.23. The van der Waals surface area contributed by atoms with E-state index in [9.17, 15) is 9.59 Å². The number of carbonyl (C=O) groups is 2. The minimum absolute atomic E-state index is 0.469. The van der Waals surface area contributed by atoms with Crippen molar-refractivity contribution in [1.82, 2.24) is 0 Å². The zero-order valence-electron chi connectivity index (χ0n) is 17.1. The van der Waals surface area contributed by atoms with Gasteiger partial charge in [0, 0.05) is 11.8 Å². The largest absolute Gasteiger partial charge is 0.497 e. The van der Waals surface area contributed by atoms with Crippen molar-refractivity contribution in [2.75, 3.05) is 26.6 Å². The normalized spacial score (nSPS) is 12.3. The monoisotopic (exact) mass is 403 g/mol. The van der Waals surface area contributed by atoms with Gasteiger partial charge in [-0.05, 0) is 50.2 Å². The molecule has 2 aromatic rings. The first-order valence-electron chi connectivity index (χ1n) is 8.92. The van der Waals surface area contributed by atoms with Gasteiger partial charge in [-0.25, -0.2) is 4.79 Å². The molecule has 0 aliphatic heterocycles. The van der Waals surface area contributed by atoms with E-state index in [1.54, 1.807) is 56.5 Å². The lowest BCUT2D eigenvalue weighted by molar-refractivity contribution is -0.159. The maximum Gasteiger partial charge on any atom is 0.347 e. The van der Waals surface area contributed by atoms with E-state index in [1.165, 1.54) is 21.1 Å². The van der Waals surface area contributed by atoms with E-state index >= 15 is 0 Å². The maximum absolute atomic E-state index is 12.3. The summed E-state index contributed by atoms with van der Waals surface area (Å²) in [6.07, 6.45) is -1.91. The Bertz CT molecular complexity index is 835. The van der Waals surface area contributed by atoms with E-state index in [4.69, 9.17) is 23.7 Å². The third-order valence-electron chi connectivity index (χ3n) is 4.02. The Morgan fingerprint density at radius 3 is 2.00 bits per heavy atom. The van der Waals surface area contributed by atoms with Gasteiger partial charge in [-0.2, -0.15) is 0 Å². The summed E-state index contributed by atoms with van der Waals surface area (Å²) in [6.45, 7) is 3.03. The number of methoxy groups -OCH3 is 3. The molecule has 1 amide bonds. The van der Waals surface area contributed by atoms with Gasteiger partial charge in [0.2, 0.25) is 0 Å². The minimum atomic E-state index is -1.02. The fourth-order valence-electron chi connectivity index (χ4n) is 2.39. The molecule has 0 aliphatic carbocycles. The molecule has 0 fully saturated rings. The van der Waals surface area contributed by atoms with E-state index in [-0.39, 0.29) is 0 Å². The topological polar surface area (TPSA) is 92.3 Å². The Morgan fingerprint density at radius 2 is 1.41 bits per heavy atom. The van der Waals surface area contributed by atoms with Crippen LogP contribution in [-0.4, -0.2) is 45.4 Å². The second kappa shape index (κ2) is 10.2. The molecule has 2 aromatic carbocycles. The lowest BCUT2D eigenvalue weighted by Gasteiger charge is -2.18. The number of hydrogen-bond donors (Lipinski definition) is 1. The van der Waals surface area contributed by atoms with E-state index in [0.29, 0.717) is 28.7 Å². The zero-order valence-corrected chi connectivity index (χ0v) is 17.1. The van der Waals surface area contributed by atoms with Crippen LogP contribution in [0, 0.1) is 0 Å². The Morgan fingerprint density at radius 1 is 0.793 bits per heavy atom. The number of hydrogen-bond acceptors (Lipinski definition) is 7. The number of ether oxygens (including phenoxy) is 5. The predicted molar refractivity (Wildman–Crippen MR) is 107 cm³/mol. The summed E-state index contributed by atoms with van der Waals surface area (Å²) in [6, 6.07) is 11.7. The molecule has 156 valence electrons. The number of esters is 1. The van der Waals surface area contributed by atoms with Gasteiger partial charge in [0.1, 0.15) is 11.5 Å². The molecule has 0 heterocycles. The first-order valence-corrected chi connectivity index (χ1v) is 8.92. The van der Waals surface area contributed by atoms with Crippen LogP contribution in [0.15, 0.2) is 42.5 Å². The molecule has 8 heteroatoms. The van der Waals surface area contributed by atoms with Crippen molar-refractivity contribution < 1.29 is 33.3 Å². The molecule has 0 saturated carbocycles. The molecule has 1 N–H and O–H groups in total. The van der Waals surface area contributed by atoms with Crippen molar-refractivity contribution in [1.29, 1.82) is 0 Å². The van der Waals surface area contributed by atoms with Crippen molar-refractivity contribution in [2.45, 2.75) is 26.1 Å². The Kier molecular flexibility index (Phi) is 7.70. The molecular weight excluding hydrogens is 378 g/mol. The Labute approximate surface area is 169 Å². The molecule has 0 spiro atoms. The zero-order chi connectivity index (χ0) is 21.4. The molecular formula is C21H25NO7. The molecule has 0 aromatic heterocycles. The number of nitrogens with one attached hydrogen (secondary N) is 1. The predicted octanol–water partition coefficient (Wildman–Crippen LogP) is 3.05. The van der Waals surface area contributed by atoms with Gasteiger partial charge in [0.15, 0.2) is 23.7 Å². The second-order valence-electron chi connectivity index (χ2n) is 6.07. The average molecular weight is 403 g/mol. The number of rotatable bonds is 9. The van der Waals surface area contributed by atoms with Crippen molar-refractivity contribution in [2.24, 2.45) is 0 Å². The van der Waals surface area contributed by atoms with Crippen LogP contribution in [0.4, 0.5) is 5.69 Å². The van der Waals surface area contributed by atoms with E-state index in [2.05, 4.69) is 5.32 Å². The number of amides is 1. The second-order valence-corrected chi connectivity index (χ2v) is 6.07. The molecule has 0 saturated heterocycles. The van der Waals surface area contributed by atoms with Crippen molar-refractivity contribution >= 4 is 17.6 Å². The van der Waals surface area contributed by atoms with Crippen LogP contribution in [0.3, 0.4) is 0 Å². The fourth-order valence-corrected chi connectivity index (χ4v) is 2.39. The number of benzene rings is 2. The first kappa shape index (κ1) is 21.9. The summed E-state index contributed by atoms with van der Waals surface area (Å²) in [5.74, 6) is 1.02. The van der Waals surface area contributed by atoms with Crippen LogP contribution in [0.2, 0.25) is 0 Å². The first-order chi connectivity index (χ1) is 13.9. The summed E-state index contributed by atoms with van der Waals surface area (Å²) in [7, 11) is 4.58. The molecule has 0 radical (unpaired) electrons. The highest BCUT2D eigenvalue weighted by atomic mass is 16.6. The van der Waals surface area contributed by atoms with Gasteiger partial charge in [-0.15, -0.1) is 0 Å². The Balaban J connectivity index is 1.91. The fraction of sp³-hybridized carbons (Fsp3) is 0.333. The summed E-state index contributed by atoms with van der Waals surface area (Å²) in [5.41, 5.74) is 0.484. The van der Waals surface area contributed by atoms with E-state index in [0.717, 1.165) is 0 Å². The third-order valence-corrected chi connectivity index (χ3v) is 4.02. The number of anilines is 1. The SMILES string of the molecule is COc1ccc(OC(C)C(=O)OC(C)C(=O)Nc2ccc(OC)c(OC)c2)cc1. The van der Waals surface area contributed by atoms with Gasteiger partial charge in [-0.3, -0.25) is 4.79 Å². The summed E-state index contributed by atoms with van der Waals surface area (Å²) >= 11 is 0. The van der Waals surface area contributed by atoms with Gasteiger partial charge < -0.3 is 29.0 Å². The van der Waals surface area contributed by atoms with Crippen LogP contribution in [0.5, 0.6) is 23.0 Å². The van der Waals surface area contributed by atoms with Crippen LogP contribution in [0.25, 0.3) is 0 Å². The van der Waals surface area contributed by atoms with Crippen LogP contribution >= 0.6 is 0 Å². The molecule has 2 atom stereocenters. The van der Waals surface area contributed by atoms with Crippen molar-refractivity contribution in [3.05, 3.63) is 42.5 Å². The highest BCUT2D eigenvalue weighted by molar-refractivity contribution is 5.95. The summed E-state index contributed by atoms with van der Waals surface area (Å²) < 4.78 is 26.2. The molecule has 8 nitrogen and oxygen atoms in total. The average Bonchev–Trinajstić information content (AvgIpc) is 2.73. The molecule has 29 heavy (non-hydrogen) atoms. The summed E-state index contributed by atoms with van der Waals surface area (Å²) in [4.78, 5) is 24.6. The number of carbonyl (C=O) groups excluding carboxylic acids is 2. The lowest BCUT2D eigenvalue weighted by Crippen LogP contribution is -2.35. The molecule has 0 aliphatic rings. The van der Waals surface area contributed by atoms with Crippen LogP contribution in [0.1, 0.15) is 13.8 Å². The maximum atomic E-state index is 12.3. The van der Waals surface area contributed by atoms with Crippen LogP contribution < -0.4 is 24.3 Å². The van der Waals surface area contributed by atoms with Gasteiger partial charge in [0.05, 0.1) is 21.3 Å². The lowest BCUT2D eigenvalue weighted by atomic mass is 10.2. The van der Waals surface area contributed by atoms with E-state index in [1.807, 2.05) is 0 Å². The molecule has 0 bridgehead atoms. The summed E-state index contributed by atoms with van der Waals surface area (Å²) in [5, 5.41) is 2.67. The van der Waals surface area contributed by atoms with Gasteiger partial charge in [0.25, 0.3) is 5.91 Å². The van der Waals surface area contributed by atoms with Crippen molar-refractivity contribution in [3.8, 4) is 23.0 Å². The van der Waals surface area contributed by atoms with Gasteiger partial charge >= 0.3 is 5.97 Å². The minimum Gasteiger partial charge on any atom is -0.497 e. The molecule has 2 rings (SSSR count). The quantitative estimate of drug-likeness (QED) is 0.643. The van der Waals surface area contributed by atoms with Crippen molar-refractivity contribution in [3.63, 3.8) is 0 Å². The van der Waals surface area contributed by atoms with Crippen LogP contribution in [-0.2, 0) is 14.3 Å².